The van der Waals surface area contributed by atoms with Crippen LogP contribution < -0.4 is 10.6 Å². The molecular formula is C11H11FN4O2. The highest BCUT2D eigenvalue weighted by molar-refractivity contribution is 6.04. The van der Waals surface area contributed by atoms with E-state index in [1.165, 1.54) is 25.4 Å². The first-order valence-electron chi connectivity index (χ1n) is 5.18. The Morgan fingerprint density at radius 2 is 2.28 bits per heavy atom. The van der Waals surface area contributed by atoms with Crippen LogP contribution in [0.25, 0.3) is 0 Å². The number of carbonyl (C=O) groups is 1. The summed E-state index contributed by atoms with van der Waals surface area (Å²) in [6, 6.07) is 2.83. The fourth-order valence-electron chi connectivity index (χ4n) is 1.40. The number of anilines is 2. The minimum atomic E-state index is -0.710. The maximum atomic E-state index is 13.8. The van der Waals surface area contributed by atoms with E-state index in [0.717, 1.165) is 0 Å². The van der Waals surface area contributed by atoms with E-state index in [-0.39, 0.29) is 17.2 Å². The van der Waals surface area contributed by atoms with Gasteiger partial charge in [-0.25, -0.2) is 9.37 Å². The highest BCUT2D eigenvalue weighted by atomic mass is 19.1. The van der Waals surface area contributed by atoms with Crippen LogP contribution in [0.2, 0.25) is 0 Å². The smallest absolute Gasteiger partial charge is 0.260 e. The van der Waals surface area contributed by atoms with Gasteiger partial charge in [-0.15, -0.1) is 0 Å². The summed E-state index contributed by atoms with van der Waals surface area (Å²) in [6.45, 7) is 1.69. The second-order valence-electron chi connectivity index (χ2n) is 3.55. The molecule has 0 atom stereocenters. The molecule has 0 saturated heterocycles. The van der Waals surface area contributed by atoms with Crippen LogP contribution in [0.1, 0.15) is 16.1 Å². The Labute approximate surface area is 102 Å². The summed E-state index contributed by atoms with van der Waals surface area (Å²) in [5, 5.41) is 8.58. The van der Waals surface area contributed by atoms with E-state index in [2.05, 4.69) is 20.8 Å². The molecule has 0 unspecified atom stereocenters. The lowest BCUT2D eigenvalue weighted by atomic mass is 10.2. The van der Waals surface area contributed by atoms with Crippen molar-refractivity contribution in [1.82, 2.24) is 10.1 Å². The Morgan fingerprint density at radius 1 is 1.50 bits per heavy atom. The maximum Gasteiger partial charge on any atom is 0.260 e. The highest BCUT2D eigenvalue weighted by Crippen LogP contribution is 2.16. The van der Waals surface area contributed by atoms with Crippen LogP contribution in [-0.4, -0.2) is 23.1 Å². The Morgan fingerprint density at radius 3 is 2.89 bits per heavy atom. The molecule has 7 heteroatoms. The van der Waals surface area contributed by atoms with Gasteiger partial charge < -0.3 is 15.2 Å². The summed E-state index contributed by atoms with van der Waals surface area (Å²) in [7, 11) is 1.52. The van der Waals surface area contributed by atoms with Gasteiger partial charge in [-0.2, -0.15) is 0 Å². The van der Waals surface area contributed by atoms with Gasteiger partial charge in [0.15, 0.2) is 17.5 Å². The topological polar surface area (TPSA) is 80.0 Å². The monoisotopic (exact) mass is 250 g/mol. The molecule has 0 fully saturated rings. The van der Waals surface area contributed by atoms with Crippen LogP contribution in [0, 0.1) is 12.7 Å². The Kier molecular flexibility index (Phi) is 3.22. The van der Waals surface area contributed by atoms with Crippen molar-refractivity contribution in [3.63, 3.8) is 0 Å². The standard InChI is InChI=1S/C11H11FN4O2/c1-6-5-8(16-18-6)15-11(17)7-3-4-14-10(13-2)9(7)12/h3-5H,1-2H3,(H,13,14)(H,15,16,17). The summed E-state index contributed by atoms with van der Waals surface area (Å²) in [5.74, 6) is -0.521. The Bertz CT molecular complexity index is 582. The highest BCUT2D eigenvalue weighted by Gasteiger charge is 2.16. The van der Waals surface area contributed by atoms with E-state index in [4.69, 9.17) is 4.52 Å². The van der Waals surface area contributed by atoms with Crippen LogP contribution in [0.4, 0.5) is 16.0 Å². The van der Waals surface area contributed by atoms with Crippen LogP contribution in [0.3, 0.4) is 0 Å². The van der Waals surface area contributed by atoms with Crippen molar-refractivity contribution in [3.8, 4) is 0 Å². The quantitative estimate of drug-likeness (QED) is 0.868. The van der Waals surface area contributed by atoms with Gasteiger partial charge in [-0.1, -0.05) is 5.16 Å². The first-order chi connectivity index (χ1) is 8.61. The largest absolute Gasteiger partial charge is 0.371 e. The van der Waals surface area contributed by atoms with Crippen LogP contribution in [0.15, 0.2) is 22.9 Å². The molecule has 94 valence electrons. The van der Waals surface area contributed by atoms with Crippen LogP contribution in [0.5, 0.6) is 0 Å². The van der Waals surface area contributed by atoms with Gasteiger partial charge in [0.05, 0.1) is 5.56 Å². The molecule has 0 aliphatic carbocycles. The van der Waals surface area contributed by atoms with E-state index >= 15 is 0 Å². The minimum Gasteiger partial charge on any atom is -0.371 e. The SMILES string of the molecule is CNc1nccc(C(=O)Nc2cc(C)on2)c1F. The number of pyridine rings is 1. The van der Waals surface area contributed by atoms with Crippen molar-refractivity contribution >= 4 is 17.5 Å². The van der Waals surface area contributed by atoms with Gasteiger partial charge in [0.25, 0.3) is 5.91 Å². The number of hydrogen-bond acceptors (Lipinski definition) is 5. The van der Waals surface area contributed by atoms with E-state index in [1.54, 1.807) is 6.92 Å². The molecule has 0 aliphatic rings. The zero-order valence-corrected chi connectivity index (χ0v) is 9.82. The number of halogens is 1. The number of aromatic nitrogens is 2. The van der Waals surface area contributed by atoms with Gasteiger partial charge in [0.2, 0.25) is 0 Å². The van der Waals surface area contributed by atoms with Gasteiger partial charge >= 0.3 is 0 Å². The minimum absolute atomic E-state index is 0.0129. The van der Waals surface area contributed by atoms with Gasteiger partial charge in [-0.05, 0) is 13.0 Å². The third kappa shape index (κ3) is 2.29. The lowest BCUT2D eigenvalue weighted by Crippen LogP contribution is -2.15. The van der Waals surface area contributed by atoms with Crippen molar-refractivity contribution in [2.75, 3.05) is 17.7 Å². The lowest BCUT2D eigenvalue weighted by molar-refractivity contribution is 0.102. The molecule has 2 heterocycles. The fraction of sp³-hybridized carbons (Fsp3) is 0.182. The number of nitrogens with zero attached hydrogens (tertiary/aromatic N) is 2. The molecule has 2 N–H and O–H groups in total. The summed E-state index contributed by atoms with van der Waals surface area (Å²) >= 11 is 0. The number of carbonyl (C=O) groups excluding carboxylic acids is 1. The number of rotatable bonds is 3. The van der Waals surface area contributed by atoms with E-state index < -0.39 is 11.7 Å². The summed E-state index contributed by atoms with van der Waals surface area (Å²) in [4.78, 5) is 15.6. The molecule has 2 aromatic heterocycles. The van der Waals surface area contributed by atoms with Crippen LogP contribution >= 0.6 is 0 Å². The first kappa shape index (κ1) is 12.0. The number of hydrogen-bond donors (Lipinski definition) is 2. The second kappa shape index (κ2) is 4.82. The van der Waals surface area contributed by atoms with E-state index in [0.29, 0.717) is 5.76 Å². The van der Waals surface area contributed by atoms with E-state index in [1.807, 2.05) is 0 Å². The Balaban J connectivity index is 2.24. The molecule has 0 bridgehead atoms. The molecule has 0 radical (unpaired) electrons. The van der Waals surface area contributed by atoms with Crippen LogP contribution in [-0.2, 0) is 0 Å². The number of amides is 1. The van der Waals surface area contributed by atoms with Crippen molar-refractivity contribution in [3.05, 3.63) is 35.5 Å². The molecule has 2 aromatic rings. The second-order valence-corrected chi connectivity index (χ2v) is 3.55. The molecular weight excluding hydrogens is 239 g/mol. The third-order valence-electron chi connectivity index (χ3n) is 2.24. The predicted molar refractivity (Wildman–Crippen MR) is 62.9 cm³/mol. The molecule has 0 aromatic carbocycles. The van der Waals surface area contributed by atoms with Crippen molar-refractivity contribution in [2.24, 2.45) is 0 Å². The van der Waals surface area contributed by atoms with Gasteiger partial charge in [0.1, 0.15) is 5.76 Å². The summed E-state index contributed by atoms with van der Waals surface area (Å²) in [6.07, 6.45) is 1.35. The molecule has 0 aliphatic heterocycles. The van der Waals surface area contributed by atoms with Crippen molar-refractivity contribution in [1.29, 1.82) is 0 Å². The Hall–Kier alpha value is -2.44. The molecule has 6 nitrogen and oxygen atoms in total. The summed E-state index contributed by atoms with van der Waals surface area (Å²) < 4.78 is 18.6. The molecule has 0 saturated carbocycles. The third-order valence-corrected chi connectivity index (χ3v) is 2.24. The van der Waals surface area contributed by atoms with Gasteiger partial charge in [0, 0.05) is 19.3 Å². The predicted octanol–water partition coefficient (Wildman–Crippen LogP) is 1.81. The maximum absolute atomic E-state index is 13.8. The van der Waals surface area contributed by atoms with Crippen molar-refractivity contribution < 1.29 is 13.7 Å². The number of nitrogens with one attached hydrogen (secondary N) is 2. The lowest BCUT2D eigenvalue weighted by Gasteiger charge is -2.06. The zero-order valence-electron chi connectivity index (χ0n) is 9.82. The van der Waals surface area contributed by atoms with Crippen molar-refractivity contribution in [2.45, 2.75) is 6.92 Å². The average molecular weight is 250 g/mol. The molecule has 18 heavy (non-hydrogen) atoms. The fourth-order valence-corrected chi connectivity index (χ4v) is 1.40. The molecule has 0 spiro atoms. The average Bonchev–Trinajstić information content (AvgIpc) is 2.75. The normalized spacial score (nSPS) is 10.2. The first-order valence-corrected chi connectivity index (χ1v) is 5.18. The van der Waals surface area contributed by atoms with E-state index in [9.17, 15) is 9.18 Å². The molecule has 1 amide bonds. The zero-order chi connectivity index (χ0) is 13.1. The summed E-state index contributed by atoms with van der Waals surface area (Å²) in [5.41, 5.74) is -0.116. The van der Waals surface area contributed by atoms with Gasteiger partial charge in [-0.3, -0.25) is 4.79 Å². The number of aryl methyl sites for hydroxylation is 1. The molecule has 2 rings (SSSR count).